The van der Waals surface area contributed by atoms with Crippen molar-refractivity contribution < 1.29 is 9.53 Å². The van der Waals surface area contributed by atoms with E-state index in [1.807, 2.05) is 54.4 Å². The predicted molar refractivity (Wildman–Crippen MR) is 168 cm³/mol. The van der Waals surface area contributed by atoms with Gasteiger partial charge < -0.3 is 35.6 Å². The number of imidazole rings is 1. The predicted octanol–water partition coefficient (Wildman–Crippen LogP) is 4.90. The average molecular weight is 577 g/mol. The number of nitrogens with one attached hydrogen (secondary N) is 1. The lowest BCUT2D eigenvalue weighted by molar-refractivity contribution is 0.0700. The Balaban J connectivity index is 1.21. The van der Waals surface area contributed by atoms with E-state index < -0.39 is 0 Å². The van der Waals surface area contributed by atoms with E-state index in [4.69, 9.17) is 26.2 Å². The van der Waals surface area contributed by atoms with Gasteiger partial charge in [-0.3, -0.25) is 4.79 Å². The molecule has 10 heteroatoms. The molecule has 4 heterocycles. The number of likely N-dealkylation sites (tertiary alicyclic amines) is 1. The normalized spacial score (nSPS) is 21.3. The zero-order valence-corrected chi connectivity index (χ0v) is 24.5. The van der Waals surface area contributed by atoms with Crippen LogP contribution in [0.1, 0.15) is 36.0 Å². The van der Waals surface area contributed by atoms with Crippen molar-refractivity contribution in [3.05, 3.63) is 60.2 Å². The van der Waals surface area contributed by atoms with Crippen molar-refractivity contribution in [2.45, 2.75) is 44.3 Å². The molecule has 3 aliphatic rings. The summed E-state index contributed by atoms with van der Waals surface area (Å²) in [4.78, 5) is 25.8. The minimum atomic E-state index is 0.00213. The van der Waals surface area contributed by atoms with Crippen LogP contribution in [0.5, 0.6) is 5.75 Å². The van der Waals surface area contributed by atoms with Crippen LogP contribution >= 0.6 is 0 Å². The first-order chi connectivity index (χ1) is 20.9. The molecule has 1 aliphatic heterocycles. The van der Waals surface area contributed by atoms with Crippen LogP contribution in [0, 0.1) is 11.8 Å². The molecule has 43 heavy (non-hydrogen) atoms. The zero-order chi connectivity index (χ0) is 29.4. The molecule has 1 amide bonds. The Labute approximate surface area is 249 Å². The molecule has 10 nitrogen and oxygen atoms in total. The van der Waals surface area contributed by atoms with E-state index in [9.17, 15) is 4.79 Å². The minimum absolute atomic E-state index is 0.00213. The maximum absolute atomic E-state index is 13.7. The molecule has 8 rings (SSSR count). The smallest absolute Gasteiger partial charge is 0.254 e. The second-order valence-corrected chi connectivity index (χ2v) is 12.4. The van der Waals surface area contributed by atoms with Crippen LogP contribution in [0.4, 0.5) is 17.2 Å². The lowest BCUT2D eigenvalue weighted by Gasteiger charge is -2.27. The summed E-state index contributed by atoms with van der Waals surface area (Å²) < 4.78 is 10.2. The number of carbonyl (C=O) groups excluding carboxylic acids is 1. The van der Waals surface area contributed by atoms with Gasteiger partial charge in [0.15, 0.2) is 5.82 Å². The van der Waals surface area contributed by atoms with Gasteiger partial charge >= 0.3 is 0 Å². The van der Waals surface area contributed by atoms with E-state index in [0.29, 0.717) is 28.8 Å². The molecule has 220 valence electrons. The van der Waals surface area contributed by atoms with Gasteiger partial charge in [-0.25, -0.2) is 9.97 Å². The Bertz CT molecular complexity index is 1900. The SMILES string of the molecule is COc1cc(C(=O)N2CC3CCC2C3N)cc2nc(-c3cc4ccc(Nc5cccc(N)c5)nc4n3CC3CC3)n(C)c12. The molecule has 5 N–H and O–H groups in total. The number of pyridine rings is 1. The summed E-state index contributed by atoms with van der Waals surface area (Å²) in [6, 6.07) is 17.9. The summed E-state index contributed by atoms with van der Waals surface area (Å²) in [6.07, 6.45) is 4.50. The van der Waals surface area contributed by atoms with Crippen molar-refractivity contribution in [2.24, 2.45) is 24.6 Å². The molecule has 2 aromatic carbocycles. The number of nitrogens with zero attached hydrogens (tertiary/aromatic N) is 5. The number of benzene rings is 2. The van der Waals surface area contributed by atoms with E-state index in [2.05, 4.69) is 26.6 Å². The van der Waals surface area contributed by atoms with Crippen LogP contribution in [0.25, 0.3) is 33.6 Å². The summed E-state index contributed by atoms with van der Waals surface area (Å²) in [6.45, 7) is 1.59. The number of ether oxygens (including phenoxy) is 1. The number of carbonyl (C=O) groups is 1. The van der Waals surface area contributed by atoms with Gasteiger partial charge in [-0.1, -0.05) is 6.07 Å². The number of aromatic nitrogens is 4. The highest BCUT2D eigenvalue weighted by Gasteiger charge is 2.47. The van der Waals surface area contributed by atoms with Gasteiger partial charge in [0.05, 0.1) is 18.3 Å². The fourth-order valence-corrected chi connectivity index (χ4v) is 7.16. The number of amides is 1. The number of fused-ring (bicyclic) bond motifs is 4. The van der Waals surface area contributed by atoms with E-state index in [-0.39, 0.29) is 18.0 Å². The van der Waals surface area contributed by atoms with Gasteiger partial charge in [0.1, 0.15) is 22.7 Å². The first-order valence-corrected chi connectivity index (χ1v) is 15.1. The van der Waals surface area contributed by atoms with Crippen molar-refractivity contribution in [3.8, 4) is 17.3 Å². The van der Waals surface area contributed by atoms with Crippen molar-refractivity contribution in [3.63, 3.8) is 0 Å². The number of aryl methyl sites for hydroxylation is 1. The van der Waals surface area contributed by atoms with Crippen molar-refractivity contribution in [1.29, 1.82) is 0 Å². The summed E-state index contributed by atoms with van der Waals surface area (Å²) in [5.74, 6) is 3.21. The third-order valence-electron chi connectivity index (χ3n) is 9.59. The van der Waals surface area contributed by atoms with Crippen molar-refractivity contribution in [2.75, 3.05) is 24.7 Å². The van der Waals surface area contributed by atoms with Crippen LogP contribution < -0.4 is 21.5 Å². The number of piperidine rings is 1. The van der Waals surface area contributed by atoms with Crippen LogP contribution in [-0.4, -0.2) is 55.6 Å². The fourth-order valence-electron chi connectivity index (χ4n) is 7.16. The molecule has 0 radical (unpaired) electrons. The van der Waals surface area contributed by atoms with Crippen LogP contribution in [-0.2, 0) is 13.6 Å². The molecule has 1 saturated heterocycles. The topological polar surface area (TPSA) is 129 Å². The molecular weight excluding hydrogens is 540 g/mol. The van der Waals surface area contributed by atoms with Gasteiger partial charge in [0, 0.05) is 54.5 Å². The largest absolute Gasteiger partial charge is 0.494 e. The van der Waals surface area contributed by atoms with Gasteiger partial charge in [-0.2, -0.15) is 0 Å². The maximum atomic E-state index is 13.7. The number of rotatable bonds is 7. The van der Waals surface area contributed by atoms with Gasteiger partial charge in [-0.15, -0.1) is 0 Å². The quantitative estimate of drug-likeness (QED) is 0.235. The Morgan fingerprint density at radius 2 is 1.93 bits per heavy atom. The molecule has 3 unspecified atom stereocenters. The lowest BCUT2D eigenvalue weighted by atomic mass is 10.1. The number of anilines is 3. The number of hydrogen-bond acceptors (Lipinski definition) is 7. The fraction of sp³-hybridized carbons (Fsp3) is 0.364. The first-order valence-electron chi connectivity index (χ1n) is 15.1. The van der Waals surface area contributed by atoms with Crippen LogP contribution in [0.3, 0.4) is 0 Å². The maximum Gasteiger partial charge on any atom is 0.254 e. The Morgan fingerprint density at radius 1 is 1.07 bits per heavy atom. The Morgan fingerprint density at radius 3 is 2.65 bits per heavy atom. The van der Waals surface area contributed by atoms with Crippen LogP contribution in [0.2, 0.25) is 0 Å². The zero-order valence-electron chi connectivity index (χ0n) is 24.5. The van der Waals surface area contributed by atoms with Crippen molar-refractivity contribution >= 4 is 45.2 Å². The average Bonchev–Trinajstić information content (AvgIpc) is 3.41. The third-order valence-corrected chi connectivity index (χ3v) is 9.59. The molecule has 3 fully saturated rings. The molecule has 3 atom stereocenters. The molecule has 0 spiro atoms. The number of nitrogen functional groups attached to an aromatic ring is 1. The second kappa shape index (κ2) is 9.74. The highest BCUT2D eigenvalue weighted by Crippen LogP contribution is 2.40. The summed E-state index contributed by atoms with van der Waals surface area (Å²) >= 11 is 0. The van der Waals surface area contributed by atoms with Gasteiger partial charge in [0.2, 0.25) is 0 Å². The van der Waals surface area contributed by atoms with E-state index >= 15 is 0 Å². The molecule has 2 saturated carbocycles. The first kappa shape index (κ1) is 26.1. The number of methoxy groups -OCH3 is 1. The van der Waals surface area contributed by atoms with Gasteiger partial charge in [-0.05, 0) is 86.1 Å². The number of nitrogens with two attached hydrogens (primary N) is 2. The molecule has 2 aliphatic carbocycles. The molecule has 5 aromatic rings. The molecular formula is C33H36N8O2. The van der Waals surface area contributed by atoms with E-state index in [1.165, 1.54) is 12.8 Å². The highest BCUT2D eigenvalue weighted by atomic mass is 16.5. The summed E-state index contributed by atoms with van der Waals surface area (Å²) in [7, 11) is 3.65. The van der Waals surface area contributed by atoms with E-state index in [1.54, 1.807) is 7.11 Å². The van der Waals surface area contributed by atoms with Crippen LogP contribution in [0.15, 0.2) is 54.6 Å². The Hall–Kier alpha value is -4.57. The highest BCUT2D eigenvalue weighted by molar-refractivity contribution is 6.00. The minimum Gasteiger partial charge on any atom is -0.494 e. The monoisotopic (exact) mass is 576 g/mol. The summed E-state index contributed by atoms with van der Waals surface area (Å²) in [5, 5.41) is 4.44. The lowest BCUT2D eigenvalue weighted by Crippen LogP contribution is -2.41. The van der Waals surface area contributed by atoms with E-state index in [0.717, 1.165) is 71.0 Å². The number of hydrogen-bond donors (Lipinski definition) is 3. The van der Waals surface area contributed by atoms with Gasteiger partial charge in [0.25, 0.3) is 5.91 Å². The third kappa shape index (κ3) is 4.31. The molecule has 2 bridgehead atoms. The summed E-state index contributed by atoms with van der Waals surface area (Å²) in [5.41, 5.74) is 18.1. The standard InChI is InChI=1S/C33H36N8O2/c1-39-30-24(12-21(14-27(30)43-2)33(42)41-17-20-8-10-25(41)29(20)35)37-32(39)26-13-19-9-11-28(36-23-5-3-4-22(34)15-23)38-31(19)40(26)16-18-6-7-18/h3-5,9,11-15,18,20,25,29H,6-8,10,16-17,34-35H2,1-2H3,(H,36,38). The molecule has 3 aromatic heterocycles. The van der Waals surface area contributed by atoms with Crippen molar-refractivity contribution in [1.82, 2.24) is 24.0 Å². The second-order valence-electron chi connectivity index (χ2n) is 12.4. The Kier molecular flexibility index (Phi) is 5.91.